The second-order valence-corrected chi connectivity index (χ2v) is 10.0. The van der Waals surface area contributed by atoms with Crippen LogP contribution in [0.1, 0.15) is 65.7 Å². The van der Waals surface area contributed by atoms with Crippen molar-refractivity contribution in [1.82, 2.24) is 0 Å². The molecule has 3 saturated carbocycles. The van der Waals surface area contributed by atoms with Crippen LogP contribution < -0.4 is 0 Å². The average Bonchev–Trinajstić information content (AvgIpc) is 2.98. The SMILES string of the molecule is CC(=O)OCC(=O)[C@H]1CC[C@H]2[C@@H]3CCC4=CC(=O)CC[C@]4(C)[C@@]3(F)[C@H](F)C[C@]12C. The third-order valence-electron chi connectivity index (χ3n) is 8.80. The summed E-state index contributed by atoms with van der Waals surface area (Å²) < 4.78 is 37.4. The van der Waals surface area contributed by atoms with Gasteiger partial charge in [-0.2, -0.15) is 0 Å². The molecule has 160 valence electrons. The Bertz CT molecular complexity index is 792. The van der Waals surface area contributed by atoms with E-state index in [4.69, 9.17) is 4.74 Å². The average molecular weight is 408 g/mol. The summed E-state index contributed by atoms with van der Waals surface area (Å²) >= 11 is 0. The van der Waals surface area contributed by atoms with Gasteiger partial charge in [0, 0.05) is 30.6 Å². The van der Waals surface area contributed by atoms with Gasteiger partial charge in [-0.25, -0.2) is 8.78 Å². The highest BCUT2D eigenvalue weighted by atomic mass is 19.2. The second kappa shape index (κ2) is 6.71. The first-order chi connectivity index (χ1) is 13.5. The monoisotopic (exact) mass is 408 g/mol. The molecule has 0 aliphatic heterocycles. The van der Waals surface area contributed by atoms with E-state index in [-0.39, 0.29) is 36.9 Å². The molecular formula is C23H30F2O4. The normalized spacial score (nSPS) is 46.2. The van der Waals surface area contributed by atoms with Crippen LogP contribution in [0.4, 0.5) is 8.78 Å². The van der Waals surface area contributed by atoms with Crippen LogP contribution in [-0.4, -0.2) is 36.0 Å². The number of carbonyl (C=O) groups excluding carboxylic acids is 3. The summed E-state index contributed by atoms with van der Waals surface area (Å²) in [7, 11) is 0. The number of hydrogen-bond acceptors (Lipinski definition) is 4. The van der Waals surface area contributed by atoms with Gasteiger partial charge >= 0.3 is 5.97 Å². The minimum absolute atomic E-state index is 0.00202. The van der Waals surface area contributed by atoms with E-state index in [2.05, 4.69) is 0 Å². The number of allylic oxidation sites excluding steroid dienone is 1. The molecule has 4 aliphatic carbocycles. The Kier molecular flexibility index (Phi) is 4.78. The van der Waals surface area contributed by atoms with E-state index in [1.54, 1.807) is 13.0 Å². The van der Waals surface area contributed by atoms with Crippen molar-refractivity contribution in [3.8, 4) is 0 Å². The number of ether oxygens (including phenoxy) is 1. The van der Waals surface area contributed by atoms with Crippen LogP contribution in [0.3, 0.4) is 0 Å². The van der Waals surface area contributed by atoms with Crippen molar-refractivity contribution in [1.29, 1.82) is 0 Å². The molecule has 0 aromatic heterocycles. The van der Waals surface area contributed by atoms with E-state index >= 15 is 8.78 Å². The zero-order chi connectivity index (χ0) is 21.2. The number of esters is 1. The largest absolute Gasteiger partial charge is 0.458 e. The van der Waals surface area contributed by atoms with Crippen LogP contribution in [0.25, 0.3) is 0 Å². The highest BCUT2D eigenvalue weighted by Crippen LogP contribution is 2.70. The molecule has 0 heterocycles. The lowest BCUT2D eigenvalue weighted by Gasteiger charge is -2.62. The highest BCUT2D eigenvalue weighted by molar-refractivity contribution is 5.91. The van der Waals surface area contributed by atoms with Gasteiger partial charge in [0.2, 0.25) is 0 Å². The fourth-order valence-corrected chi connectivity index (χ4v) is 7.30. The maximum absolute atomic E-state index is 16.8. The van der Waals surface area contributed by atoms with Gasteiger partial charge in [0.1, 0.15) is 12.8 Å². The smallest absolute Gasteiger partial charge is 0.303 e. The maximum Gasteiger partial charge on any atom is 0.303 e. The summed E-state index contributed by atoms with van der Waals surface area (Å²) in [6.45, 7) is 4.68. The fourth-order valence-electron chi connectivity index (χ4n) is 7.30. The van der Waals surface area contributed by atoms with Crippen LogP contribution in [0.2, 0.25) is 0 Å². The van der Waals surface area contributed by atoms with Gasteiger partial charge in [-0.3, -0.25) is 14.4 Å². The van der Waals surface area contributed by atoms with Crippen molar-refractivity contribution >= 4 is 17.5 Å². The minimum Gasteiger partial charge on any atom is -0.458 e. The lowest BCUT2D eigenvalue weighted by atomic mass is 9.44. The number of fused-ring (bicyclic) bond motifs is 5. The summed E-state index contributed by atoms with van der Waals surface area (Å²) in [5.41, 5.74) is -2.82. The first-order valence-corrected chi connectivity index (χ1v) is 10.8. The van der Waals surface area contributed by atoms with Crippen LogP contribution in [0.5, 0.6) is 0 Å². The standard InChI is InChI=1S/C23H30F2O4/c1-13(26)29-12-19(28)18-7-6-16-17-5-4-14-10-15(27)8-9-22(14,3)23(17,25)20(24)11-21(16,18)2/h10,16-18,20H,4-9,11-12H2,1-3H3/t16-,17-,18+,20+,21-,22-,23-/m0/s1. The predicted molar refractivity (Wildman–Crippen MR) is 102 cm³/mol. The first-order valence-electron chi connectivity index (χ1n) is 10.8. The Morgan fingerprint density at radius 2 is 1.90 bits per heavy atom. The third-order valence-corrected chi connectivity index (χ3v) is 8.80. The molecule has 4 aliphatic rings. The number of ketones is 2. The number of rotatable bonds is 3. The maximum atomic E-state index is 16.8. The van der Waals surface area contributed by atoms with Gasteiger partial charge < -0.3 is 4.74 Å². The molecule has 0 amide bonds. The molecule has 29 heavy (non-hydrogen) atoms. The van der Waals surface area contributed by atoms with Gasteiger partial charge in [0.25, 0.3) is 0 Å². The molecule has 0 aromatic rings. The van der Waals surface area contributed by atoms with E-state index in [0.717, 1.165) is 5.57 Å². The zero-order valence-corrected chi connectivity index (χ0v) is 17.4. The third kappa shape index (κ3) is 2.77. The quantitative estimate of drug-likeness (QED) is 0.653. The van der Waals surface area contributed by atoms with Crippen molar-refractivity contribution in [3.63, 3.8) is 0 Å². The molecule has 0 bridgehead atoms. The molecule has 0 aromatic carbocycles. The van der Waals surface area contributed by atoms with Gasteiger partial charge in [0.05, 0.1) is 0 Å². The van der Waals surface area contributed by atoms with Crippen molar-refractivity contribution in [3.05, 3.63) is 11.6 Å². The van der Waals surface area contributed by atoms with E-state index in [9.17, 15) is 14.4 Å². The molecule has 0 spiro atoms. The molecule has 7 atom stereocenters. The van der Waals surface area contributed by atoms with Crippen molar-refractivity contribution < 1.29 is 27.9 Å². The lowest BCUT2D eigenvalue weighted by molar-refractivity contribution is -0.188. The van der Waals surface area contributed by atoms with E-state index in [1.165, 1.54) is 6.92 Å². The van der Waals surface area contributed by atoms with Crippen LogP contribution >= 0.6 is 0 Å². The number of Topliss-reactive ketones (excluding diaryl/α,β-unsaturated/α-hetero) is 1. The Balaban J connectivity index is 1.66. The summed E-state index contributed by atoms with van der Waals surface area (Å²) in [4.78, 5) is 35.7. The summed E-state index contributed by atoms with van der Waals surface area (Å²) in [6.07, 6.45) is 2.88. The predicted octanol–water partition coefficient (Wildman–Crippen LogP) is 4.31. The van der Waals surface area contributed by atoms with Crippen LogP contribution in [0.15, 0.2) is 11.6 Å². The molecule has 0 radical (unpaired) electrons. The molecule has 4 nitrogen and oxygen atoms in total. The molecule has 0 N–H and O–H groups in total. The summed E-state index contributed by atoms with van der Waals surface area (Å²) in [5, 5.41) is 0. The van der Waals surface area contributed by atoms with Crippen molar-refractivity contribution in [2.45, 2.75) is 77.6 Å². The molecular weight excluding hydrogens is 378 g/mol. The zero-order valence-electron chi connectivity index (χ0n) is 17.4. The Morgan fingerprint density at radius 3 is 2.59 bits per heavy atom. The van der Waals surface area contributed by atoms with Gasteiger partial charge in [0.15, 0.2) is 17.2 Å². The van der Waals surface area contributed by atoms with E-state index in [1.807, 2.05) is 6.92 Å². The number of halogens is 2. The topological polar surface area (TPSA) is 60.4 Å². The van der Waals surface area contributed by atoms with Crippen LogP contribution in [0, 0.1) is 28.6 Å². The number of carbonyl (C=O) groups is 3. The molecule has 0 saturated heterocycles. The van der Waals surface area contributed by atoms with Crippen molar-refractivity contribution in [2.75, 3.05) is 6.61 Å². The highest BCUT2D eigenvalue weighted by Gasteiger charge is 2.71. The fraction of sp³-hybridized carbons (Fsp3) is 0.783. The Labute approximate surface area is 170 Å². The van der Waals surface area contributed by atoms with Gasteiger partial charge in [-0.1, -0.05) is 19.4 Å². The van der Waals surface area contributed by atoms with E-state index < -0.39 is 40.5 Å². The van der Waals surface area contributed by atoms with Gasteiger partial charge in [-0.05, 0) is 55.9 Å². The Hall–Kier alpha value is -1.59. The van der Waals surface area contributed by atoms with E-state index in [0.29, 0.717) is 32.1 Å². The molecule has 4 rings (SSSR count). The summed E-state index contributed by atoms with van der Waals surface area (Å²) in [5.74, 6) is -1.64. The molecule has 3 fully saturated rings. The van der Waals surface area contributed by atoms with Gasteiger partial charge in [-0.15, -0.1) is 0 Å². The lowest BCUT2D eigenvalue weighted by Crippen LogP contribution is -2.66. The second-order valence-electron chi connectivity index (χ2n) is 10.0. The minimum atomic E-state index is -2.00. The number of hydrogen-bond donors (Lipinski definition) is 0. The van der Waals surface area contributed by atoms with Crippen LogP contribution in [-0.2, 0) is 19.1 Å². The molecule has 6 heteroatoms. The first kappa shape index (κ1) is 20.7. The van der Waals surface area contributed by atoms with Crippen molar-refractivity contribution in [2.24, 2.45) is 28.6 Å². The summed E-state index contributed by atoms with van der Waals surface area (Å²) in [6, 6.07) is 0. The Morgan fingerprint density at radius 1 is 1.17 bits per heavy atom. The molecule has 0 unspecified atom stereocenters. The number of alkyl halides is 2.